The lowest BCUT2D eigenvalue weighted by molar-refractivity contribution is -0.895. The Balaban J connectivity index is 1.56. The zero-order chi connectivity index (χ0) is 21.0. The molecule has 0 bridgehead atoms. The molecule has 0 radical (unpaired) electrons. The predicted octanol–water partition coefficient (Wildman–Crippen LogP) is 1.99. The van der Waals surface area contributed by atoms with E-state index in [1.54, 1.807) is 12.1 Å². The molecular formula is C21H27ClN3O3S+. The SMILES string of the molecule is CC(C)c1ccccc1NC(=O)C[NH+]1CCN(S(=O)(=O)c2ccc(Cl)cc2)CC1. The number of halogens is 1. The molecule has 29 heavy (non-hydrogen) atoms. The highest BCUT2D eigenvalue weighted by Crippen LogP contribution is 2.23. The number of hydrogen-bond acceptors (Lipinski definition) is 3. The van der Waals surface area contributed by atoms with Crippen molar-refractivity contribution in [1.29, 1.82) is 0 Å². The van der Waals surface area contributed by atoms with Gasteiger partial charge in [0, 0.05) is 10.7 Å². The van der Waals surface area contributed by atoms with Gasteiger partial charge in [-0.2, -0.15) is 4.31 Å². The van der Waals surface area contributed by atoms with Crippen LogP contribution in [0.4, 0.5) is 5.69 Å². The second-order valence-electron chi connectivity index (χ2n) is 7.57. The van der Waals surface area contributed by atoms with E-state index in [1.165, 1.54) is 16.4 Å². The highest BCUT2D eigenvalue weighted by molar-refractivity contribution is 7.89. The molecule has 0 aromatic heterocycles. The number of amides is 1. The normalized spacial score (nSPS) is 16.1. The fourth-order valence-electron chi connectivity index (χ4n) is 3.51. The van der Waals surface area contributed by atoms with E-state index in [1.807, 2.05) is 24.3 Å². The lowest BCUT2D eigenvalue weighted by Gasteiger charge is -2.31. The van der Waals surface area contributed by atoms with Gasteiger partial charge in [0.05, 0.1) is 31.1 Å². The van der Waals surface area contributed by atoms with Gasteiger partial charge >= 0.3 is 0 Å². The number of piperazine rings is 1. The molecule has 8 heteroatoms. The molecule has 1 heterocycles. The van der Waals surface area contributed by atoms with E-state index in [-0.39, 0.29) is 10.8 Å². The molecule has 1 amide bonds. The van der Waals surface area contributed by atoms with Gasteiger partial charge in [-0.05, 0) is 41.8 Å². The van der Waals surface area contributed by atoms with Crippen LogP contribution in [-0.4, -0.2) is 51.4 Å². The van der Waals surface area contributed by atoms with Gasteiger partial charge in [-0.15, -0.1) is 0 Å². The zero-order valence-electron chi connectivity index (χ0n) is 16.7. The van der Waals surface area contributed by atoms with Gasteiger partial charge in [-0.3, -0.25) is 4.79 Å². The molecule has 3 rings (SSSR count). The average molecular weight is 437 g/mol. The number of carbonyl (C=O) groups excluding carboxylic acids is 1. The van der Waals surface area contributed by atoms with E-state index >= 15 is 0 Å². The van der Waals surface area contributed by atoms with Gasteiger partial charge in [-0.25, -0.2) is 8.42 Å². The summed E-state index contributed by atoms with van der Waals surface area (Å²) in [5, 5.41) is 3.51. The molecule has 0 spiro atoms. The molecule has 2 aromatic carbocycles. The Labute approximate surface area is 177 Å². The Morgan fingerprint density at radius 2 is 1.72 bits per heavy atom. The Kier molecular flexibility index (Phi) is 6.95. The van der Waals surface area contributed by atoms with Gasteiger partial charge in [0.1, 0.15) is 0 Å². The van der Waals surface area contributed by atoms with Crippen LogP contribution >= 0.6 is 11.6 Å². The lowest BCUT2D eigenvalue weighted by atomic mass is 10.0. The van der Waals surface area contributed by atoms with Crippen LogP contribution in [0.5, 0.6) is 0 Å². The maximum Gasteiger partial charge on any atom is 0.279 e. The van der Waals surface area contributed by atoms with Crippen LogP contribution in [-0.2, 0) is 14.8 Å². The van der Waals surface area contributed by atoms with E-state index in [0.717, 1.165) is 16.2 Å². The molecular weight excluding hydrogens is 410 g/mol. The van der Waals surface area contributed by atoms with Crippen LogP contribution in [0.25, 0.3) is 0 Å². The van der Waals surface area contributed by atoms with Crippen LogP contribution in [0.3, 0.4) is 0 Å². The number of para-hydroxylation sites is 1. The standard InChI is InChI=1S/C21H26ClN3O3S/c1-16(2)19-5-3-4-6-20(19)23-21(26)15-24-11-13-25(14-12-24)29(27,28)18-9-7-17(22)8-10-18/h3-10,16H,11-15H2,1-2H3,(H,23,26)/p+1. The van der Waals surface area contributed by atoms with Crippen LogP contribution < -0.4 is 10.2 Å². The molecule has 2 aromatic rings. The van der Waals surface area contributed by atoms with Crippen molar-refractivity contribution in [3.63, 3.8) is 0 Å². The first kappa shape index (κ1) is 21.8. The molecule has 6 nitrogen and oxygen atoms in total. The number of carbonyl (C=O) groups is 1. The second kappa shape index (κ2) is 9.26. The third kappa shape index (κ3) is 5.36. The maximum absolute atomic E-state index is 12.8. The minimum absolute atomic E-state index is 0.0536. The van der Waals surface area contributed by atoms with Gasteiger partial charge in [0.2, 0.25) is 10.0 Å². The van der Waals surface area contributed by atoms with Crippen molar-refractivity contribution >= 4 is 33.2 Å². The van der Waals surface area contributed by atoms with E-state index in [2.05, 4.69) is 19.2 Å². The maximum atomic E-state index is 12.8. The summed E-state index contributed by atoms with van der Waals surface area (Å²) in [5.74, 6) is 0.266. The Hall–Kier alpha value is -1.93. The summed E-state index contributed by atoms with van der Waals surface area (Å²) in [6.45, 7) is 6.46. The molecule has 0 aliphatic carbocycles. The van der Waals surface area contributed by atoms with Crippen LogP contribution in [0.2, 0.25) is 5.02 Å². The van der Waals surface area contributed by atoms with Gasteiger partial charge in [0.25, 0.3) is 5.91 Å². The van der Waals surface area contributed by atoms with Crippen molar-refractivity contribution in [2.75, 3.05) is 38.0 Å². The van der Waals surface area contributed by atoms with Crippen molar-refractivity contribution in [3.8, 4) is 0 Å². The summed E-state index contributed by atoms with van der Waals surface area (Å²) >= 11 is 5.85. The van der Waals surface area contributed by atoms with E-state index in [4.69, 9.17) is 11.6 Å². The Bertz CT molecular complexity index is 953. The van der Waals surface area contributed by atoms with Gasteiger partial charge in [0.15, 0.2) is 6.54 Å². The van der Waals surface area contributed by atoms with Crippen molar-refractivity contribution in [2.45, 2.75) is 24.7 Å². The predicted molar refractivity (Wildman–Crippen MR) is 115 cm³/mol. The molecule has 0 saturated carbocycles. The minimum atomic E-state index is -3.53. The number of nitrogens with one attached hydrogen (secondary N) is 2. The quantitative estimate of drug-likeness (QED) is 0.727. The highest BCUT2D eigenvalue weighted by atomic mass is 35.5. The number of nitrogens with zero attached hydrogens (tertiary/aromatic N) is 1. The van der Waals surface area contributed by atoms with Crippen LogP contribution in [0.1, 0.15) is 25.3 Å². The highest BCUT2D eigenvalue weighted by Gasteiger charge is 2.31. The first-order chi connectivity index (χ1) is 13.8. The number of rotatable bonds is 6. The summed E-state index contributed by atoms with van der Waals surface area (Å²) < 4.78 is 27.0. The van der Waals surface area contributed by atoms with Gasteiger partial charge < -0.3 is 10.2 Å². The Morgan fingerprint density at radius 1 is 1.10 bits per heavy atom. The van der Waals surface area contributed by atoms with E-state index < -0.39 is 10.0 Å². The number of anilines is 1. The fourth-order valence-corrected chi connectivity index (χ4v) is 5.08. The number of hydrogen-bond donors (Lipinski definition) is 2. The van der Waals surface area contributed by atoms with Crippen LogP contribution in [0.15, 0.2) is 53.4 Å². The van der Waals surface area contributed by atoms with E-state index in [0.29, 0.717) is 43.7 Å². The van der Waals surface area contributed by atoms with E-state index in [9.17, 15) is 13.2 Å². The first-order valence-corrected chi connectivity index (χ1v) is 11.6. The molecule has 1 fully saturated rings. The largest absolute Gasteiger partial charge is 0.325 e. The van der Waals surface area contributed by atoms with Gasteiger partial charge in [-0.1, -0.05) is 43.6 Å². The van der Waals surface area contributed by atoms with Crippen molar-refractivity contribution in [1.82, 2.24) is 4.31 Å². The molecule has 0 atom stereocenters. The smallest absolute Gasteiger partial charge is 0.279 e. The summed E-state index contributed by atoms with van der Waals surface area (Å²) in [5.41, 5.74) is 1.95. The molecule has 1 saturated heterocycles. The second-order valence-corrected chi connectivity index (χ2v) is 9.95. The number of quaternary nitrogens is 1. The minimum Gasteiger partial charge on any atom is -0.325 e. The summed E-state index contributed by atoms with van der Waals surface area (Å²) in [4.78, 5) is 13.8. The monoisotopic (exact) mass is 436 g/mol. The summed E-state index contributed by atoms with van der Waals surface area (Å²) in [6, 6.07) is 14.0. The summed E-state index contributed by atoms with van der Waals surface area (Å²) in [6.07, 6.45) is 0. The average Bonchev–Trinajstić information content (AvgIpc) is 2.69. The number of sulfonamides is 1. The van der Waals surface area contributed by atoms with Crippen LogP contribution in [0, 0.1) is 0 Å². The Morgan fingerprint density at radius 3 is 2.34 bits per heavy atom. The molecule has 156 valence electrons. The fraction of sp³-hybridized carbons (Fsp3) is 0.381. The first-order valence-electron chi connectivity index (χ1n) is 9.75. The molecule has 2 N–H and O–H groups in total. The topological polar surface area (TPSA) is 70.9 Å². The van der Waals surface area contributed by atoms with Crippen molar-refractivity contribution in [3.05, 3.63) is 59.1 Å². The molecule has 1 aliphatic rings. The molecule has 0 unspecified atom stereocenters. The third-order valence-corrected chi connectivity index (χ3v) is 7.31. The molecule has 1 aliphatic heterocycles. The van der Waals surface area contributed by atoms with Crippen molar-refractivity contribution in [2.24, 2.45) is 0 Å². The third-order valence-electron chi connectivity index (χ3n) is 5.15. The zero-order valence-corrected chi connectivity index (χ0v) is 18.3. The van der Waals surface area contributed by atoms with Crippen molar-refractivity contribution < 1.29 is 18.1 Å². The lowest BCUT2D eigenvalue weighted by Crippen LogP contribution is -3.15. The number of benzene rings is 2. The summed E-state index contributed by atoms with van der Waals surface area (Å²) in [7, 11) is -3.53.